The summed E-state index contributed by atoms with van der Waals surface area (Å²) in [5, 5.41) is 3.57. The van der Waals surface area contributed by atoms with Crippen molar-refractivity contribution in [3.05, 3.63) is 0 Å². The van der Waals surface area contributed by atoms with Crippen LogP contribution in [0.1, 0.15) is 52.4 Å². The van der Waals surface area contributed by atoms with E-state index in [1.807, 2.05) is 6.92 Å². The summed E-state index contributed by atoms with van der Waals surface area (Å²) in [6.45, 7) is 10.6. The summed E-state index contributed by atoms with van der Waals surface area (Å²) in [5.74, 6) is 0.806. The molecule has 0 atom stereocenters. The van der Waals surface area contributed by atoms with Crippen LogP contribution in [0, 0.1) is 5.92 Å². The number of unbranched alkanes of at least 4 members (excludes halogenated alkanes) is 2. The van der Waals surface area contributed by atoms with Crippen LogP contribution in [0.5, 0.6) is 0 Å². The van der Waals surface area contributed by atoms with Gasteiger partial charge < -0.3 is 15.0 Å². The average Bonchev–Trinajstić information content (AvgIpc) is 2.47. The van der Waals surface area contributed by atoms with Gasteiger partial charge in [0.2, 0.25) is 0 Å². The average molecular weight is 284 g/mol. The zero-order valence-electron chi connectivity index (χ0n) is 13.3. The summed E-state index contributed by atoms with van der Waals surface area (Å²) in [5.41, 5.74) is 0. The molecule has 0 radical (unpaired) electrons. The van der Waals surface area contributed by atoms with E-state index in [-0.39, 0.29) is 5.97 Å². The van der Waals surface area contributed by atoms with E-state index in [9.17, 15) is 4.79 Å². The van der Waals surface area contributed by atoms with Crippen molar-refractivity contribution < 1.29 is 9.53 Å². The summed E-state index contributed by atoms with van der Waals surface area (Å²) in [4.78, 5) is 13.7. The molecule has 0 amide bonds. The van der Waals surface area contributed by atoms with Crippen LogP contribution in [0.2, 0.25) is 0 Å². The molecule has 118 valence electrons. The highest BCUT2D eigenvalue weighted by molar-refractivity contribution is 5.69. The van der Waals surface area contributed by atoms with E-state index in [4.69, 9.17) is 4.74 Å². The Morgan fingerprint density at radius 2 is 1.95 bits per heavy atom. The van der Waals surface area contributed by atoms with Gasteiger partial charge in [0.1, 0.15) is 0 Å². The van der Waals surface area contributed by atoms with Crippen molar-refractivity contribution in [3.8, 4) is 0 Å². The minimum atomic E-state index is -0.0526. The molecule has 1 aliphatic rings. The van der Waals surface area contributed by atoms with Gasteiger partial charge in [0, 0.05) is 6.42 Å². The predicted octanol–water partition coefficient (Wildman–Crippen LogP) is 2.43. The summed E-state index contributed by atoms with van der Waals surface area (Å²) >= 11 is 0. The summed E-state index contributed by atoms with van der Waals surface area (Å²) < 4.78 is 4.91. The third-order valence-corrected chi connectivity index (χ3v) is 4.13. The second-order valence-corrected chi connectivity index (χ2v) is 5.70. The van der Waals surface area contributed by atoms with Crippen molar-refractivity contribution in [2.45, 2.75) is 52.4 Å². The SMILES string of the molecule is CCOC(=O)CCCCCNCC1CCN(CC)CC1. The minimum Gasteiger partial charge on any atom is -0.466 e. The zero-order chi connectivity index (χ0) is 14.6. The molecule has 0 spiro atoms. The van der Waals surface area contributed by atoms with E-state index < -0.39 is 0 Å². The normalized spacial score (nSPS) is 17.3. The van der Waals surface area contributed by atoms with Gasteiger partial charge in [0.25, 0.3) is 0 Å². The Bertz CT molecular complexity index is 251. The smallest absolute Gasteiger partial charge is 0.305 e. The van der Waals surface area contributed by atoms with Crippen molar-refractivity contribution >= 4 is 5.97 Å². The highest BCUT2D eigenvalue weighted by Gasteiger charge is 2.17. The Morgan fingerprint density at radius 3 is 2.60 bits per heavy atom. The molecule has 0 bridgehead atoms. The molecule has 20 heavy (non-hydrogen) atoms. The number of rotatable bonds is 10. The number of hydrogen-bond acceptors (Lipinski definition) is 4. The van der Waals surface area contributed by atoms with E-state index in [0.717, 1.165) is 38.3 Å². The Hall–Kier alpha value is -0.610. The lowest BCUT2D eigenvalue weighted by Gasteiger charge is -2.31. The number of likely N-dealkylation sites (tertiary alicyclic amines) is 1. The zero-order valence-corrected chi connectivity index (χ0v) is 13.3. The molecule has 0 aliphatic carbocycles. The van der Waals surface area contributed by atoms with E-state index in [0.29, 0.717) is 13.0 Å². The summed E-state index contributed by atoms with van der Waals surface area (Å²) in [6, 6.07) is 0. The number of nitrogens with one attached hydrogen (secondary N) is 1. The van der Waals surface area contributed by atoms with Crippen LogP contribution in [-0.2, 0) is 9.53 Å². The first-order valence-corrected chi connectivity index (χ1v) is 8.35. The highest BCUT2D eigenvalue weighted by Crippen LogP contribution is 2.15. The van der Waals surface area contributed by atoms with Crippen LogP contribution in [0.4, 0.5) is 0 Å². The molecule has 1 saturated heterocycles. The third-order valence-electron chi connectivity index (χ3n) is 4.13. The number of nitrogens with zero attached hydrogens (tertiary/aromatic N) is 1. The molecule has 4 nitrogen and oxygen atoms in total. The highest BCUT2D eigenvalue weighted by atomic mass is 16.5. The summed E-state index contributed by atoms with van der Waals surface area (Å²) in [6.07, 6.45) is 6.47. The first-order valence-electron chi connectivity index (χ1n) is 8.35. The van der Waals surface area contributed by atoms with Crippen LogP contribution < -0.4 is 5.32 Å². The number of hydrogen-bond donors (Lipinski definition) is 1. The fourth-order valence-corrected chi connectivity index (χ4v) is 2.74. The van der Waals surface area contributed by atoms with Crippen LogP contribution >= 0.6 is 0 Å². The van der Waals surface area contributed by atoms with Crippen molar-refractivity contribution in [3.63, 3.8) is 0 Å². The quantitative estimate of drug-likeness (QED) is 0.494. The maximum absolute atomic E-state index is 11.1. The van der Waals surface area contributed by atoms with E-state index in [2.05, 4.69) is 17.1 Å². The maximum atomic E-state index is 11.1. The van der Waals surface area contributed by atoms with Crippen molar-refractivity contribution in [1.29, 1.82) is 0 Å². The van der Waals surface area contributed by atoms with Crippen molar-refractivity contribution in [2.24, 2.45) is 5.92 Å². The van der Waals surface area contributed by atoms with Crippen LogP contribution in [0.25, 0.3) is 0 Å². The number of ether oxygens (including phenoxy) is 1. The number of esters is 1. The largest absolute Gasteiger partial charge is 0.466 e. The monoisotopic (exact) mass is 284 g/mol. The number of carbonyl (C=O) groups excluding carboxylic acids is 1. The maximum Gasteiger partial charge on any atom is 0.305 e. The van der Waals surface area contributed by atoms with Gasteiger partial charge in [-0.2, -0.15) is 0 Å². The molecular weight excluding hydrogens is 252 g/mol. The van der Waals surface area contributed by atoms with Gasteiger partial charge in [0.15, 0.2) is 0 Å². The lowest BCUT2D eigenvalue weighted by atomic mass is 9.97. The Kier molecular flexibility index (Phi) is 9.67. The van der Waals surface area contributed by atoms with Gasteiger partial charge in [-0.3, -0.25) is 4.79 Å². The molecule has 0 aromatic carbocycles. The molecule has 1 fully saturated rings. The third kappa shape index (κ3) is 7.85. The van der Waals surface area contributed by atoms with Gasteiger partial charge in [-0.05, 0) is 71.2 Å². The topological polar surface area (TPSA) is 41.6 Å². The van der Waals surface area contributed by atoms with Gasteiger partial charge in [-0.15, -0.1) is 0 Å². The molecule has 1 heterocycles. The standard InChI is InChI=1S/C16H32N2O2/c1-3-18-12-9-15(10-13-18)14-17-11-7-5-6-8-16(19)20-4-2/h15,17H,3-14H2,1-2H3. The Balaban J connectivity index is 1.86. The molecule has 0 aromatic rings. The second kappa shape index (κ2) is 11.1. The van der Waals surface area contributed by atoms with Gasteiger partial charge in [0.05, 0.1) is 6.61 Å². The second-order valence-electron chi connectivity index (χ2n) is 5.70. The lowest BCUT2D eigenvalue weighted by molar-refractivity contribution is -0.143. The van der Waals surface area contributed by atoms with Crippen LogP contribution in [0.3, 0.4) is 0 Å². The molecule has 1 rings (SSSR count). The lowest BCUT2D eigenvalue weighted by Crippen LogP contribution is -2.37. The van der Waals surface area contributed by atoms with Gasteiger partial charge in [-0.1, -0.05) is 13.3 Å². The van der Waals surface area contributed by atoms with E-state index in [1.165, 1.54) is 32.5 Å². The molecule has 1 aliphatic heterocycles. The van der Waals surface area contributed by atoms with Crippen LogP contribution in [0.15, 0.2) is 0 Å². The first kappa shape index (κ1) is 17.4. The number of carbonyl (C=O) groups is 1. The minimum absolute atomic E-state index is 0.0526. The fourth-order valence-electron chi connectivity index (χ4n) is 2.74. The number of piperidine rings is 1. The fraction of sp³-hybridized carbons (Fsp3) is 0.938. The molecule has 1 N–H and O–H groups in total. The Morgan fingerprint density at radius 1 is 1.20 bits per heavy atom. The predicted molar refractivity (Wildman–Crippen MR) is 82.8 cm³/mol. The van der Waals surface area contributed by atoms with E-state index in [1.54, 1.807) is 0 Å². The van der Waals surface area contributed by atoms with Gasteiger partial charge in [-0.25, -0.2) is 0 Å². The van der Waals surface area contributed by atoms with Crippen molar-refractivity contribution in [2.75, 3.05) is 39.3 Å². The van der Waals surface area contributed by atoms with Gasteiger partial charge >= 0.3 is 5.97 Å². The Labute approximate surface area is 124 Å². The molecule has 0 aromatic heterocycles. The van der Waals surface area contributed by atoms with E-state index >= 15 is 0 Å². The first-order chi connectivity index (χ1) is 9.76. The molecule has 0 saturated carbocycles. The molecule has 4 heteroatoms. The molecular formula is C16H32N2O2. The summed E-state index contributed by atoms with van der Waals surface area (Å²) in [7, 11) is 0. The van der Waals surface area contributed by atoms with Crippen LogP contribution in [-0.4, -0.2) is 50.2 Å². The molecule has 0 unspecified atom stereocenters. The van der Waals surface area contributed by atoms with Crippen molar-refractivity contribution in [1.82, 2.24) is 10.2 Å².